The summed E-state index contributed by atoms with van der Waals surface area (Å²) >= 11 is 0. The molecule has 0 fully saturated rings. The van der Waals surface area contributed by atoms with Crippen molar-refractivity contribution in [2.45, 2.75) is 6.18 Å². The van der Waals surface area contributed by atoms with E-state index in [0.717, 1.165) is 18.5 Å². The number of carbonyl (C=O) groups excluding carboxylic acids is 2. The fraction of sp³-hybridized carbons (Fsp3) is 0.158. The molecule has 0 atom stereocenters. The van der Waals surface area contributed by atoms with Crippen LogP contribution in [0.3, 0.4) is 0 Å². The summed E-state index contributed by atoms with van der Waals surface area (Å²) in [6.45, 7) is 0.100. The number of alkyl halides is 3. The van der Waals surface area contributed by atoms with E-state index in [1.165, 1.54) is 36.4 Å². The molecular formula is C19H15F4N3O4. The number of amides is 1. The maximum Gasteiger partial charge on any atom is 0.454 e. The summed E-state index contributed by atoms with van der Waals surface area (Å²) in [4.78, 5) is 25.8. The molecule has 158 valence electrons. The highest BCUT2D eigenvalue weighted by Crippen LogP contribution is 2.23. The maximum atomic E-state index is 12.4. The average molecular weight is 425 g/mol. The quantitative estimate of drug-likeness (QED) is 0.481. The molecule has 2 N–H and O–H groups in total. The highest BCUT2D eigenvalue weighted by Gasteiger charge is 2.39. The Hall–Kier alpha value is -3.60. The number of aliphatic hydroxyl groups is 1. The van der Waals surface area contributed by atoms with Crippen molar-refractivity contribution in [3.05, 3.63) is 71.9 Å². The van der Waals surface area contributed by atoms with E-state index in [0.29, 0.717) is 11.1 Å². The lowest BCUT2D eigenvalue weighted by Gasteiger charge is -2.04. The molecule has 0 bridgehead atoms. The van der Waals surface area contributed by atoms with Gasteiger partial charge in [0.1, 0.15) is 5.82 Å². The molecule has 0 radical (unpaired) electrons. The lowest BCUT2D eigenvalue weighted by atomic mass is 10.1. The Balaban J connectivity index is 0.000000222. The van der Waals surface area contributed by atoms with E-state index in [4.69, 9.17) is 5.11 Å². The molecule has 0 saturated carbocycles. The van der Waals surface area contributed by atoms with Crippen molar-refractivity contribution in [2.75, 3.05) is 13.2 Å². The number of aromatic nitrogens is 2. The zero-order chi connectivity index (χ0) is 22.1. The highest BCUT2D eigenvalue weighted by atomic mass is 19.4. The van der Waals surface area contributed by atoms with Gasteiger partial charge in [-0.2, -0.15) is 18.2 Å². The molecule has 30 heavy (non-hydrogen) atoms. The number of ketones is 1. The van der Waals surface area contributed by atoms with Gasteiger partial charge in [-0.25, -0.2) is 4.39 Å². The number of Topliss-reactive ketones (excluding diaryl/α,β-unsaturated/α-hetero) is 1. The molecule has 0 aliphatic carbocycles. The van der Waals surface area contributed by atoms with Crippen molar-refractivity contribution in [2.24, 2.45) is 0 Å². The van der Waals surface area contributed by atoms with Crippen LogP contribution in [0.1, 0.15) is 20.7 Å². The molecule has 0 aliphatic heterocycles. The lowest BCUT2D eigenvalue weighted by Crippen LogP contribution is -2.26. The van der Waals surface area contributed by atoms with Crippen LogP contribution < -0.4 is 5.32 Å². The van der Waals surface area contributed by atoms with E-state index in [-0.39, 0.29) is 30.7 Å². The molecule has 3 aromatic rings. The van der Waals surface area contributed by atoms with Gasteiger partial charge in [0.2, 0.25) is 12.2 Å². The van der Waals surface area contributed by atoms with Gasteiger partial charge in [0, 0.05) is 23.2 Å². The van der Waals surface area contributed by atoms with Crippen molar-refractivity contribution in [1.29, 1.82) is 0 Å². The van der Waals surface area contributed by atoms with Crippen LogP contribution in [0, 0.1) is 5.82 Å². The molecule has 1 heterocycles. The summed E-state index contributed by atoms with van der Waals surface area (Å²) in [7, 11) is 0. The zero-order valence-corrected chi connectivity index (χ0v) is 15.2. The van der Waals surface area contributed by atoms with Crippen molar-refractivity contribution in [3.8, 4) is 11.4 Å². The van der Waals surface area contributed by atoms with Crippen LogP contribution in [-0.2, 0) is 0 Å². The molecule has 1 aromatic heterocycles. The number of rotatable bonds is 5. The number of carbonyl (C=O) groups is 2. The van der Waals surface area contributed by atoms with Crippen LogP contribution in [0.5, 0.6) is 0 Å². The van der Waals surface area contributed by atoms with Crippen molar-refractivity contribution in [1.82, 2.24) is 15.5 Å². The van der Waals surface area contributed by atoms with Gasteiger partial charge in [-0.1, -0.05) is 29.4 Å². The standard InChI is InChI=1S/C10H5F3N2O2.C9H10FNO2/c11-10(12,13)8(16)6-1-3-7(4-2-6)9-14-5-17-15-9;10-8-3-1-7(2-4-8)9(13)11-5-6-12/h1-5H;1-4,12H,5-6H2,(H,11,13). The van der Waals surface area contributed by atoms with Gasteiger partial charge in [0.15, 0.2) is 0 Å². The number of nitrogens with one attached hydrogen (secondary N) is 1. The normalized spacial score (nSPS) is 10.7. The van der Waals surface area contributed by atoms with Gasteiger partial charge >= 0.3 is 6.18 Å². The Bertz CT molecular complexity index is 957. The molecule has 2 aromatic carbocycles. The molecule has 0 unspecified atom stereocenters. The van der Waals surface area contributed by atoms with Crippen molar-refractivity contribution in [3.63, 3.8) is 0 Å². The number of aliphatic hydroxyl groups excluding tert-OH is 1. The number of nitrogens with zero attached hydrogens (tertiary/aromatic N) is 2. The van der Waals surface area contributed by atoms with E-state index < -0.39 is 17.5 Å². The molecule has 0 saturated heterocycles. The fourth-order valence-corrected chi connectivity index (χ4v) is 2.10. The Kier molecular flexibility index (Phi) is 7.76. The third-order valence-electron chi connectivity index (χ3n) is 3.53. The van der Waals surface area contributed by atoms with Crippen LogP contribution in [-0.4, -0.2) is 46.3 Å². The van der Waals surface area contributed by atoms with Gasteiger partial charge in [0.05, 0.1) is 6.61 Å². The van der Waals surface area contributed by atoms with E-state index in [2.05, 4.69) is 20.0 Å². The predicted molar refractivity (Wildman–Crippen MR) is 95.9 cm³/mol. The molecule has 0 spiro atoms. The topological polar surface area (TPSA) is 105 Å². The van der Waals surface area contributed by atoms with Gasteiger partial charge in [-0.05, 0) is 24.3 Å². The van der Waals surface area contributed by atoms with Crippen LogP contribution in [0.15, 0.2) is 59.4 Å². The number of benzene rings is 2. The Morgan fingerprint density at radius 2 is 1.60 bits per heavy atom. The third-order valence-corrected chi connectivity index (χ3v) is 3.53. The van der Waals surface area contributed by atoms with E-state index >= 15 is 0 Å². The van der Waals surface area contributed by atoms with Crippen LogP contribution in [0.4, 0.5) is 17.6 Å². The van der Waals surface area contributed by atoms with Crippen LogP contribution in [0.2, 0.25) is 0 Å². The second kappa shape index (κ2) is 10.3. The highest BCUT2D eigenvalue weighted by molar-refractivity contribution is 6.00. The summed E-state index contributed by atoms with van der Waals surface area (Å²) in [5.41, 5.74) is 0.428. The van der Waals surface area contributed by atoms with Gasteiger partial charge in [-0.3, -0.25) is 9.59 Å². The second-order valence-corrected chi connectivity index (χ2v) is 5.65. The van der Waals surface area contributed by atoms with E-state index in [1.54, 1.807) is 0 Å². The Morgan fingerprint density at radius 3 is 2.10 bits per heavy atom. The van der Waals surface area contributed by atoms with Crippen LogP contribution in [0.25, 0.3) is 11.4 Å². The summed E-state index contributed by atoms with van der Waals surface area (Å²) in [6, 6.07) is 10.0. The monoisotopic (exact) mass is 425 g/mol. The Labute approximate surface area is 167 Å². The van der Waals surface area contributed by atoms with E-state index in [9.17, 15) is 27.2 Å². The zero-order valence-electron chi connectivity index (χ0n) is 15.2. The summed E-state index contributed by atoms with van der Waals surface area (Å²) in [5, 5.41) is 14.4. The van der Waals surface area contributed by atoms with Gasteiger partial charge in [-0.15, -0.1) is 0 Å². The first kappa shape index (κ1) is 22.7. The first-order chi connectivity index (χ1) is 14.2. The molecule has 1 amide bonds. The molecule has 7 nitrogen and oxygen atoms in total. The summed E-state index contributed by atoms with van der Waals surface area (Å²) < 4.78 is 53.3. The molecule has 3 rings (SSSR count). The minimum Gasteiger partial charge on any atom is -0.395 e. The summed E-state index contributed by atoms with van der Waals surface area (Å²) in [5.74, 6) is -2.32. The second-order valence-electron chi connectivity index (χ2n) is 5.65. The fourth-order valence-electron chi connectivity index (χ4n) is 2.10. The number of hydrogen-bond donors (Lipinski definition) is 2. The van der Waals surface area contributed by atoms with Crippen molar-refractivity contribution < 1.29 is 36.8 Å². The minimum absolute atomic E-state index is 0.104. The maximum absolute atomic E-state index is 12.4. The lowest BCUT2D eigenvalue weighted by molar-refractivity contribution is -0.0885. The first-order valence-corrected chi connectivity index (χ1v) is 8.35. The van der Waals surface area contributed by atoms with Gasteiger partial charge in [0.25, 0.3) is 11.7 Å². The van der Waals surface area contributed by atoms with Gasteiger partial charge < -0.3 is 14.9 Å². The molecular weight excluding hydrogens is 410 g/mol. The first-order valence-electron chi connectivity index (χ1n) is 8.35. The SMILES string of the molecule is O=C(NCCO)c1ccc(F)cc1.O=C(c1ccc(-c2ncon2)cc1)C(F)(F)F. The number of halogens is 4. The average Bonchev–Trinajstić information content (AvgIpc) is 3.27. The van der Waals surface area contributed by atoms with E-state index in [1.807, 2.05) is 0 Å². The largest absolute Gasteiger partial charge is 0.454 e. The molecule has 0 aliphatic rings. The minimum atomic E-state index is -4.87. The van der Waals surface area contributed by atoms with Crippen molar-refractivity contribution >= 4 is 11.7 Å². The smallest absolute Gasteiger partial charge is 0.395 e. The number of hydrogen-bond acceptors (Lipinski definition) is 6. The third kappa shape index (κ3) is 6.48. The Morgan fingerprint density at radius 1 is 1.00 bits per heavy atom. The summed E-state index contributed by atoms with van der Waals surface area (Å²) in [6.07, 6.45) is -3.77. The van der Waals surface area contributed by atoms with Crippen LogP contribution >= 0.6 is 0 Å². The predicted octanol–water partition coefficient (Wildman–Crippen LogP) is 3.03. The molecule has 11 heteroatoms.